The topological polar surface area (TPSA) is 390 Å². The SMILES string of the molecule is Cc1nc(-c2ccc(C(C)(C)C)cc2)nc(C)c1C(=O)N[C@@H](CNS(N)(=O)=O)C(=O)N(C)[C@@H]1C(=O)N[C@@H](C)C(=O)N[C@H](C(=O)NCC#N)Cc2ccc(O/C=C(/O)CN)c(c2)-c2cc1cc(OC[C@H](O)CN)c2O. The Labute approximate surface area is 427 Å². The molecule has 1 aliphatic rings. The van der Waals surface area contributed by atoms with Gasteiger partial charge in [0.05, 0.1) is 29.6 Å². The third kappa shape index (κ3) is 14.5. The molecule has 0 fully saturated rings. The predicted octanol–water partition coefficient (Wildman–Crippen LogP) is 0.142. The molecule has 14 N–H and O–H groups in total. The van der Waals surface area contributed by atoms with Crippen molar-refractivity contribution in [3.05, 3.63) is 100 Å². The summed E-state index contributed by atoms with van der Waals surface area (Å²) in [6, 6.07) is 9.76. The fourth-order valence-corrected chi connectivity index (χ4v) is 8.15. The van der Waals surface area contributed by atoms with Gasteiger partial charge in [0.15, 0.2) is 17.3 Å². The Bertz CT molecular complexity index is 2930. The number of aryl methyl sites for hydroxylation is 2. The molecule has 4 bridgehead atoms. The minimum absolute atomic E-state index is 0.0246. The maximum atomic E-state index is 15.0. The standard InChI is InChI=1S/C49H62N12O12S/c1-25-40(26(2)57-43(56-25)29-9-11-31(12-10-29)49(4,5)6)46(67)60-37(22-55-74(53,70)71)48(69)61(7)41-30-18-35(42(64)39(19-30)73-24-33(63)21-52)34-16-28(8-13-38(34)72-23-32(62)20-51)17-36(45(66)54-15-14-50)59-44(65)27(3)58-47(41)68/h8-13,16,18-19,23,27,33,36-37,41,55,62-64H,15,17,20-22,24,51-52H2,1-7H3,(H,54,66)(H,58,68)(H,59,65)(H,60,67)(H2,53,70,71)/b32-23+/t27-,33+,36-,37-,41-/m0/s1. The largest absolute Gasteiger partial charge is 0.508 e. The first kappa shape index (κ1) is 57.2. The van der Waals surface area contributed by atoms with Crippen LogP contribution in [0.1, 0.15) is 72.2 Å². The summed E-state index contributed by atoms with van der Waals surface area (Å²) in [5.74, 6) is -5.81. The molecule has 5 rings (SSSR count). The van der Waals surface area contributed by atoms with E-state index < -0.39 is 101 Å². The van der Waals surface area contributed by atoms with Crippen molar-refractivity contribution < 1.29 is 57.2 Å². The van der Waals surface area contributed by atoms with Crippen molar-refractivity contribution in [3.8, 4) is 45.8 Å². The van der Waals surface area contributed by atoms with Gasteiger partial charge < -0.3 is 62.4 Å². The third-order valence-corrected chi connectivity index (χ3v) is 12.3. The number of likely N-dealkylation sites (N-methyl/N-ethyl adjacent to an activating group) is 1. The number of fused-ring (bicyclic) bond motifs is 5. The Morgan fingerprint density at radius 1 is 1.00 bits per heavy atom. The molecular formula is C49H62N12O12S. The number of aromatic hydroxyl groups is 1. The lowest BCUT2D eigenvalue weighted by Crippen LogP contribution is -2.57. The molecule has 1 aliphatic heterocycles. The van der Waals surface area contributed by atoms with Crippen molar-refractivity contribution in [1.82, 2.24) is 40.9 Å². The Balaban J connectivity index is 1.69. The van der Waals surface area contributed by atoms with Gasteiger partial charge in [0, 0.05) is 43.2 Å². The number of hydrogen-bond donors (Lipinski definition) is 11. The molecular weight excluding hydrogens is 981 g/mol. The van der Waals surface area contributed by atoms with E-state index in [0.717, 1.165) is 23.8 Å². The van der Waals surface area contributed by atoms with Crippen molar-refractivity contribution in [2.75, 3.05) is 39.8 Å². The number of aromatic nitrogens is 2. The molecule has 3 aromatic carbocycles. The van der Waals surface area contributed by atoms with Crippen LogP contribution in [0.25, 0.3) is 22.5 Å². The maximum absolute atomic E-state index is 15.0. The van der Waals surface area contributed by atoms with Gasteiger partial charge in [-0.05, 0) is 67.1 Å². The number of nitrogens with zero attached hydrogens (tertiary/aromatic N) is 4. The second-order valence-electron chi connectivity index (χ2n) is 18.4. The van der Waals surface area contributed by atoms with Gasteiger partial charge in [-0.25, -0.2) is 15.1 Å². The molecule has 0 aliphatic carbocycles. The van der Waals surface area contributed by atoms with E-state index in [2.05, 4.69) is 52.0 Å². The number of carbonyl (C=O) groups is 5. The number of nitrogens with two attached hydrogens (primary N) is 3. The number of amides is 5. The number of aliphatic hydroxyl groups is 2. The molecule has 74 heavy (non-hydrogen) atoms. The normalized spacial score (nSPS) is 17.1. The average Bonchev–Trinajstić information content (AvgIpc) is 3.34. The summed E-state index contributed by atoms with van der Waals surface area (Å²) in [6.45, 7) is 8.25. The van der Waals surface area contributed by atoms with E-state index in [9.17, 15) is 53.0 Å². The van der Waals surface area contributed by atoms with E-state index in [1.807, 2.05) is 29.0 Å². The summed E-state index contributed by atoms with van der Waals surface area (Å²) in [5, 5.41) is 57.2. The fourth-order valence-electron chi connectivity index (χ4n) is 7.75. The Morgan fingerprint density at radius 2 is 1.66 bits per heavy atom. The van der Waals surface area contributed by atoms with Crippen LogP contribution in [-0.4, -0.2) is 132 Å². The van der Waals surface area contributed by atoms with Crippen molar-refractivity contribution in [1.29, 1.82) is 5.26 Å². The molecule has 0 saturated carbocycles. The van der Waals surface area contributed by atoms with Crippen LogP contribution in [0.3, 0.4) is 0 Å². The fraction of sp³-hybridized carbons (Fsp3) is 0.388. The number of phenolic OH excluding ortho intramolecular Hbond substituents is 1. The van der Waals surface area contributed by atoms with E-state index in [-0.39, 0.29) is 70.1 Å². The number of aliphatic hydroxyl groups excluding tert-OH is 2. The van der Waals surface area contributed by atoms with Crippen LogP contribution in [0.15, 0.2) is 66.6 Å². The van der Waals surface area contributed by atoms with Crippen LogP contribution in [0.2, 0.25) is 0 Å². The number of hydrogen-bond acceptors (Lipinski definition) is 17. The highest BCUT2D eigenvalue weighted by molar-refractivity contribution is 7.87. The lowest BCUT2D eigenvalue weighted by Gasteiger charge is -2.33. The molecule has 25 heteroatoms. The van der Waals surface area contributed by atoms with Crippen molar-refractivity contribution in [2.45, 2.75) is 83.6 Å². The summed E-state index contributed by atoms with van der Waals surface area (Å²) >= 11 is 0. The summed E-state index contributed by atoms with van der Waals surface area (Å²) in [6.07, 6.45) is -0.551. The van der Waals surface area contributed by atoms with E-state index in [1.54, 1.807) is 19.9 Å². The first-order chi connectivity index (χ1) is 34.8. The number of rotatable bonds is 17. The van der Waals surface area contributed by atoms with E-state index >= 15 is 0 Å². The van der Waals surface area contributed by atoms with Crippen LogP contribution in [0.4, 0.5) is 0 Å². The van der Waals surface area contributed by atoms with Crippen molar-refractivity contribution in [2.24, 2.45) is 16.6 Å². The number of nitriles is 1. The highest BCUT2D eigenvalue weighted by Gasteiger charge is 2.38. The highest BCUT2D eigenvalue weighted by Crippen LogP contribution is 2.45. The lowest BCUT2D eigenvalue weighted by atomic mass is 9.86. The zero-order chi connectivity index (χ0) is 54.8. The van der Waals surface area contributed by atoms with Gasteiger partial charge in [-0.3, -0.25) is 24.0 Å². The molecule has 5 atom stereocenters. The van der Waals surface area contributed by atoms with Crippen LogP contribution >= 0.6 is 0 Å². The number of phenols is 1. The molecule has 2 heterocycles. The molecule has 0 spiro atoms. The first-order valence-corrected chi connectivity index (χ1v) is 24.6. The molecule has 24 nitrogen and oxygen atoms in total. The molecule has 1 aromatic heterocycles. The molecule has 5 amide bonds. The zero-order valence-corrected chi connectivity index (χ0v) is 42.7. The summed E-state index contributed by atoms with van der Waals surface area (Å²) in [4.78, 5) is 81.4. The number of benzene rings is 3. The van der Waals surface area contributed by atoms with Gasteiger partial charge in [-0.2, -0.15) is 18.4 Å². The number of carbonyl (C=O) groups excluding carboxylic acids is 5. The third-order valence-electron chi connectivity index (χ3n) is 11.7. The smallest absolute Gasteiger partial charge is 0.274 e. The van der Waals surface area contributed by atoms with E-state index in [4.69, 9.17) is 26.1 Å². The minimum atomic E-state index is -4.53. The molecule has 0 saturated heterocycles. The second kappa shape index (κ2) is 24.3. The molecule has 0 radical (unpaired) electrons. The highest BCUT2D eigenvalue weighted by atomic mass is 32.2. The monoisotopic (exact) mass is 1040 g/mol. The Morgan fingerprint density at radius 3 is 2.26 bits per heavy atom. The van der Waals surface area contributed by atoms with Crippen molar-refractivity contribution >= 4 is 39.7 Å². The van der Waals surface area contributed by atoms with Gasteiger partial charge >= 0.3 is 0 Å². The maximum Gasteiger partial charge on any atom is 0.274 e. The van der Waals surface area contributed by atoms with E-state index in [1.165, 1.54) is 37.3 Å². The molecule has 0 unspecified atom stereocenters. The summed E-state index contributed by atoms with van der Waals surface area (Å²) in [5.41, 5.74) is 13.3. The van der Waals surface area contributed by atoms with Gasteiger partial charge in [-0.1, -0.05) is 51.1 Å². The van der Waals surface area contributed by atoms with Gasteiger partial charge in [0.2, 0.25) is 23.6 Å². The van der Waals surface area contributed by atoms with Crippen LogP contribution < -0.4 is 52.1 Å². The molecule has 396 valence electrons. The minimum Gasteiger partial charge on any atom is -0.508 e. The summed E-state index contributed by atoms with van der Waals surface area (Å²) < 4.78 is 38.4. The Kier molecular flexibility index (Phi) is 18.8. The quantitative estimate of drug-likeness (QED) is 0.0495. The van der Waals surface area contributed by atoms with Crippen LogP contribution in [0.5, 0.6) is 17.2 Å². The van der Waals surface area contributed by atoms with Crippen LogP contribution in [0, 0.1) is 25.2 Å². The van der Waals surface area contributed by atoms with Gasteiger partial charge in [0.25, 0.3) is 16.1 Å². The number of nitrogens with one attached hydrogen (secondary N) is 5. The first-order valence-electron chi connectivity index (χ1n) is 23.1. The van der Waals surface area contributed by atoms with Gasteiger partial charge in [-0.15, -0.1) is 0 Å². The van der Waals surface area contributed by atoms with Crippen molar-refractivity contribution in [3.63, 3.8) is 0 Å². The number of ether oxygens (including phenoxy) is 2. The van der Waals surface area contributed by atoms with Gasteiger partial charge in [0.1, 0.15) is 61.2 Å². The molecule has 4 aromatic rings. The van der Waals surface area contributed by atoms with E-state index in [0.29, 0.717) is 17.0 Å². The Hall–Kier alpha value is -7.73. The predicted molar refractivity (Wildman–Crippen MR) is 270 cm³/mol. The average molecular weight is 1040 g/mol. The van der Waals surface area contributed by atoms with Crippen LogP contribution in [-0.2, 0) is 41.2 Å². The lowest BCUT2D eigenvalue weighted by molar-refractivity contribution is -0.141. The summed E-state index contributed by atoms with van der Waals surface area (Å²) in [7, 11) is -3.39. The zero-order valence-electron chi connectivity index (χ0n) is 41.8. The second-order valence-corrected chi connectivity index (χ2v) is 19.8.